The molecule has 2 atom stereocenters. The first kappa shape index (κ1) is 14.6. The number of fused-ring (bicyclic) bond motifs is 1. The Bertz CT molecular complexity index is 538. The lowest BCUT2D eigenvalue weighted by Crippen LogP contribution is -2.42. The summed E-state index contributed by atoms with van der Waals surface area (Å²) in [4.78, 5) is 2.58. The molecular weight excluding hydrogens is 260 g/mol. The fourth-order valence-corrected chi connectivity index (χ4v) is 3.31. The van der Waals surface area contributed by atoms with Crippen LogP contribution in [0.5, 0.6) is 0 Å². The summed E-state index contributed by atoms with van der Waals surface area (Å²) in [6.45, 7) is 8.10. The van der Waals surface area contributed by atoms with Gasteiger partial charge in [0.25, 0.3) is 0 Å². The Balaban J connectivity index is 1.58. The van der Waals surface area contributed by atoms with E-state index in [2.05, 4.69) is 42.3 Å². The fourth-order valence-electron chi connectivity index (χ4n) is 3.31. The van der Waals surface area contributed by atoms with Gasteiger partial charge in [-0.3, -0.25) is 0 Å². The summed E-state index contributed by atoms with van der Waals surface area (Å²) < 4.78 is 5.94. The van der Waals surface area contributed by atoms with Gasteiger partial charge in [-0.25, -0.2) is 0 Å². The van der Waals surface area contributed by atoms with E-state index in [0.717, 1.165) is 17.9 Å². The van der Waals surface area contributed by atoms with Crippen LogP contribution in [0.15, 0.2) is 34.7 Å². The predicted molar refractivity (Wildman–Crippen MR) is 87.5 cm³/mol. The Morgan fingerprint density at radius 2 is 1.90 bits per heavy atom. The molecule has 3 heteroatoms. The molecule has 21 heavy (non-hydrogen) atoms. The molecule has 1 aliphatic rings. The van der Waals surface area contributed by atoms with Crippen LogP contribution in [0.25, 0.3) is 11.0 Å². The Labute approximate surface area is 127 Å². The van der Waals surface area contributed by atoms with Gasteiger partial charge in [0.15, 0.2) is 0 Å². The summed E-state index contributed by atoms with van der Waals surface area (Å²) in [5.41, 5.74) is 0.977. The third-order valence-electron chi connectivity index (χ3n) is 4.39. The summed E-state index contributed by atoms with van der Waals surface area (Å²) in [5, 5.41) is 4.85. The second-order valence-corrected chi connectivity index (χ2v) is 6.34. The lowest BCUT2D eigenvalue weighted by atomic mass is 10.1. The highest BCUT2D eigenvalue weighted by atomic mass is 16.3. The lowest BCUT2D eigenvalue weighted by Gasteiger charge is -2.30. The molecule has 0 bridgehead atoms. The molecule has 1 aromatic heterocycles. The van der Waals surface area contributed by atoms with Gasteiger partial charge < -0.3 is 14.6 Å². The van der Waals surface area contributed by atoms with Crippen LogP contribution in [0, 0.1) is 0 Å². The molecule has 0 spiro atoms. The van der Waals surface area contributed by atoms with Crippen molar-refractivity contribution in [2.24, 2.45) is 0 Å². The molecule has 3 rings (SSSR count). The highest BCUT2D eigenvalue weighted by molar-refractivity contribution is 5.77. The Kier molecular flexibility index (Phi) is 4.61. The van der Waals surface area contributed by atoms with Gasteiger partial charge in [-0.15, -0.1) is 0 Å². The first-order valence-electron chi connectivity index (χ1n) is 8.19. The van der Waals surface area contributed by atoms with Crippen molar-refractivity contribution in [1.29, 1.82) is 0 Å². The van der Waals surface area contributed by atoms with Crippen molar-refractivity contribution in [2.45, 2.75) is 45.2 Å². The van der Waals surface area contributed by atoms with Crippen LogP contribution in [0.3, 0.4) is 0 Å². The van der Waals surface area contributed by atoms with Crippen molar-refractivity contribution in [2.75, 3.05) is 19.6 Å². The summed E-state index contributed by atoms with van der Waals surface area (Å²) in [6.07, 6.45) is 4.10. The second kappa shape index (κ2) is 6.63. The predicted octanol–water partition coefficient (Wildman–Crippen LogP) is 3.96. The van der Waals surface area contributed by atoms with Crippen molar-refractivity contribution in [3.63, 3.8) is 0 Å². The first-order valence-corrected chi connectivity index (χ1v) is 8.19. The summed E-state index contributed by atoms with van der Waals surface area (Å²) in [6, 6.07) is 11.1. The van der Waals surface area contributed by atoms with Gasteiger partial charge in [0, 0.05) is 18.0 Å². The van der Waals surface area contributed by atoms with E-state index in [1.807, 2.05) is 12.1 Å². The molecule has 1 aliphatic heterocycles. The van der Waals surface area contributed by atoms with Crippen molar-refractivity contribution < 1.29 is 4.42 Å². The minimum atomic E-state index is 0.247. The van der Waals surface area contributed by atoms with Crippen molar-refractivity contribution >= 4 is 11.0 Å². The second-order valence-electron chi connectivity index (χ2n) is 6.34. The molecule has 1 saturated heterocycles. The average Bonchev–Trinajstić information content (AvgIpc) is 2.92. The number of benzene rings is 1. The molecule has 1 aromatic carbocycles. The Morgan fingerprint density at radius 1 is 1.14 bits per heavy atom. The smallest absolute Gasteiger partial charge is 0.134 e. The molecule has 1 fully saturated rings. The number of hydrogen-bond donors (Lipinski definition) is 1. The zero-order valence-electron chi connectivity index (χ0n) is 13.1. The van der Waals surface area contributed by atoms with E-state index in [4.69, 9.17) is 4.42 Å². The zero-order chi connectivity index (χ0) is 14.7. The normalized spacial score (nSPS) is 19.7. The van der Waals surface area contributed by atoms with E-state index in [0.29, 0.717) is 6.04 Å². The number of hydrogen-bond acceptors (Lipinski definition) is 3. The molecule has 1 N–H and O–H groups in total. The average molecular weight is 286 g/mol. The Morgan fingerprint density at radius 3 is 2.67 bits per heavy atom. The highest BCUT2D eigenvalue weighted by Crippen LogP contribution is 2.23. The van der Waals surface area contributed by atoms with E-state index in [9.17, 15) is 0 Å². The molecule has 0 aliphatic carbocycles. The van der Waals surface area contributed by atoms with Gasteiger partial charge in [0.1, 0.15) is 11.3 Å². The maximum absolute atomic E-state index is 5.94. The number of nitrogens with zero attached hydrogens (tertiary/aromatic N) is 1. The van der Waals surface area contributed by atoms with Crippen molar-refractivity contribution in [1.82, 2.24) is 10.2 Å². The minimum absolute atomic E-state index is 0.247. The van der Waals surface area contributed by atoms with Crippen LogP contribution in [0.2, 0.25) is 0 Å². The largest absolute Gasteiger partial charge is 0.459 e. The van der Waals surface area contributed by atoms with Gasteiger partial charge in [-0.2, -0.15) is 0 Å². The molecule has 114 valence electrons. The van der Waals surface area contributed by atoms with E-state index in [1.54, 1.807) is 0 Å². The van der Waals surface area contributed by atoms with Crippen molar-refractivity contribution in [3.8, 4) is 0 Å². The Hall–Kier alpha value is -1.32. The van der Waals surface area contributed by atoms with E-state index >= 15 is 0 Å². The number of piperidine rings is 1. The number of nitrogens with one attached hydrogen (secondary N) is 1. The van der Waals surface area contributed by atoms with Crippen LogP contribution in [0.4, 0.5) is 0 Å². The monoisotopic (exact) mass is 286 g/mol. The van der Waals surface area contributed by atoms with Crippen LogP contribution in [-0.4, -0.2) is 30.6 Å². The topological polar surface area (TPSA) is 28.4 Å². The maximum Gasteiger partial charge on any atom is 0.134 e. The molecule has 2 aromatic rings. The van der Waals surface area contributed by atoms with E-state index < -0.39 is 0 Å². The zero-order valence-corrected chi connectivity index (χ0v) is 13.1. The molecular formula is C18H26N2O. The number of likely N-dealkylation sites (tertiary alicyclic amines) is 1. The van der Waals surface area contributed by atoms with Crippen molar-refractivity contribution in [3.05, 3.63) is 36.1 Å². The SMILES string of the molecule is CC(CN1CCCCC1)NC(C)c1cc2ccccc2o1. The van der Waals surface area contributed by atoms with E-state index in [-0.39, 0.29) is 6.04 Å². The number of furan rings is 1. The molecule has 0 amide bonds. The standard InChI is InChI=1S/C18H26N2O/c1-14(13-20-10-6-3-7-11-20)19-15(2)18-12-16-8-4-5-9-17(16)21-18/h4-5,8-9,12,14-15,19H,3,6-7,10-11,13H2,1-2H3. The minimum Gasteiger partial charge on any atom is -0.459 e. The van der Waals surface area contributed by atoms with Crippen LogP contribution in [0.1, 0.15) is 44.9 Å². The molecule has 0 saturated carbocycles. The van der Waals surface area contributed by atoms with Crippen LogP contribution in [-0.2, 0) is 0 Å². The first-order chi connectivity index (χ1) is 10.2. The van der Waals surface area contributed by atoms with Gasteiger partial charge >= 0.3 is 0 Å². The summed E-state index contributed by atoms with van der Waals surface area (Å²) >= 11 is 0. The lowest BCUT2D eigenvalue weighted by molar-refractivity contribution is 0.203. The van der Waals surface area contributed by atoms with Gasteiger partial charge in [0.05, 0.1) is 6.04 Å². The fraction of sp³-hybridized carbons (Fsp3) is 0.556. The third kappa shape index (κ3) is 3.66. The molecule has 3 nitrogen and oxygen atoms in total. The van der Waals surface area contributed by atoms with Crippen LogP contribution >= 0.6 is 0 Å². The van der Waals surface area contributed by atoms with Gasteiger partial charge in [-0.1, -0.05) is 24.6 Å². The molecule has 0 radical (unpaired) electrons. The highest BCUT2D eigenvalue weighted by Gasteiger charge is 2.17. The number of rotatable bonds is 5. The third-order valence-corrected chi connectivity index (χ3v) is 4.39. The van der Waals surface area contributed by atoms with Crippen LogP contribution < -0.4 is 5.32 Å². The summed E-state index contributed by atoms with van der Waals surface area (Å²) in [5.74, 6) is 1.03. The van der Waals surface area contributed by atoms with Gasteiger partial charge in [-0.05, 0) is 51.9 Å². The van der Waals surface area contributed by atoms with Gasteiger partial charge in [0.2, 0.25) is 0 Å². The molecule has 2 unspecified atom stereocenters. The summed E-state index contributed by atoms with van der Waals surface area (Å²) in [7, 11) is 0. The van der Waals surface area contributed by atoms with E-state index in [1.165, 1.54) is 37.7 Å². The molecule has 2 heterocycles. The maximum atomic E-state index is 5.94. The quantitative estimate of drug-likeness (QED) is 0.902. The number of para-hydroxylation sites is 1.